The van der Waals surface area contributed by atoms with Crippen LogP contribution in [0.25, 0.3) is 0 Å². The first-order valence-corrected chi connectivity index (χ1v) is 5.90. The van der Waals surface area contributed by atoms with Crippen molar-refractivity contribution in [3.63, 3.8) is 0 Å². The van der Waals surface area contributed by atoms with Gasteiger partial charge in [0.15, 0.2) is 0 Å². The number of hydrogen-bond acceptors (Lipinski definition) is 2. The minimum Gasteiger partial charge on any atom is -0.352 e. The summed E-state index contributed by atoms with van der Waals surface area (Å²) in [5, 5.41) is 6.17. The smallest absolute Gasteiger partial charge is 0.220 e. The Labute approximate surface area is 100 Å². The average Bonchev–Trinajstić information content (AvgIpc) is 2.70. The first kappa shape index (κ1) is 12.0. The van der Waals surface area contributed by atoms with Crippen molar-refractivity contribution in [2.75, 3.05) is 6.54 Å². The molecule has 1 amide bonds. The van der Waals surface area contributed by atoms with Crippen LogP contribution in [-0.2, 0) is 11.3 Å². The fourth-order valence-corrected chi connectivity index (χ4v) is 2.04. The molecule has 1 aromatic rings. The monoisotopic (exact) mass is 236 g/mol. The highest BCUT2D eigenvalue weighted by atomic mass is 19.1. The Kier molecular flexibility index (Phi) is 3.74. The summed E-state index contributed by atoms with van der Waals surface area (Å²) < 4.78 is 13.0. The van der Waals surface area contributed by atoms with Gasteiger partial charge in [-0.2, -0.15) is 0 Å². The van der Waals surface area contributed by atoms with Crippen LogP contribution in [0.3, 0.4) is 0 Å². The van der Waals surface area contributed by atoms with Crippen LogP contribution in [0, 0.1) is 12.7 Å². The maximum Gasteiger partial charge on any atom is 0.220 e. The van der Waals surface area contributed by atoms with Crippen LogP contribution in [0.15, 0.2) is 18.2 Å². The molecule has 0 spiro atoms. The van der Waals surface area contributed by atoms with Crippen LogP contribution < -0.4 is 10.6 Å². The van der Waals surface area contributed by atoms with Crippen LogP contribution in [0.1, 0.15) is 24.0 Å². The summed E-state index contributed by atoms with van der Waals surface area (Å²) in [7, 11) is 0. The molecule has 1 aromatic carbocycles. The van der Waals surface area contributed by atoms with Crippen LogP contribution in [0.2, 0.25) is 0 Å². The SMILES string of the molecule is Cc1cc(CNCC2CCC(=O)N2)ccc1F. The molecule has 0 bridgehead atoms. The van der Waals surface area contributed by atoms with Crippen molar-refractivity contribution < 1.29 is 9.18 Å². The standard InChI is InChI=1S/C13H17FN2O/c1-9-6-10(2-4-12(9)14)7-15-8-11-3-5-13(17)16-11/h2,4,6,11,15H,3,5,7-8H2,1H3,(H,16,17). The third-order valence-electron chi connectivity index (χ3n) is 3.03. The van der Waals surface area contributed by atoms with Gasteiger partial charge in [0.2, 0.25) is 5.91 Å². The molecular formula is C13H17FN2O. The number of aryl methyl sites for hydroxylation is 1. The molecule has 1 aliphatic heterocycles. The van der Waals surface area contributed by atoms with Gasteiger partial charge in [-0.15, -0.1) is 0 Å². The number of rotatable bonds is 4. The molecule has 0 saturated carbocycles. The molecule has 1 heterocycles. The zero-order valence-corrected chi connectivity index (χ0v) is 9.92. The van der Waals surface area contributed by atoms with Gasteiger partial charge in [-0.3, -0.25) is 4.79 Å². The van der Waals surface area contributed by atoms with E-state index in [-0.39, 0.29) is 17.8 Å². The van der Waals surface area contributed by atoms with E-state index >= 15 is 0 Å². The number of benzene rings is 1. The van der Waals surface area contributed by atoms with Crippen LogP contribution in [0.5, 0.6) is 0 Å². The summed E-state index contributed by atoms with van der Waals surface area (Å²) >= 11 is 0. The van der Waals surface area contributed by atoms with Gasteiger partial charge in [-0.05, 0) is 30.5 Å². The molecule has 2 N–H and O–H groups in total. The molecule has 1 aliphatic rings. The number of hydrogen-bond donors (Lipinski definition) is 2. The van der Waals surface area contributed by atoms with Crippen molar-refractivity contribution >= 4 is 5.91 Å². The Morgan fingerprint density at radius 3 is 3.00 bits per heavy atom. The van der Waals surface area contributed by atoms with Crippen molar-refractivity contribution in [3.8, 4) is 0 Å². The topological polar surface area (TPSA) is 41.1 Å². The van der Waals surface area contributed by atoms with Gasteiger partial charge in [0, 0.05) is 25.6 Å². The second kappa shape index (κ2) is 5.27. The Morgan fingerprint density at radius 2 is 2.35 bits per heavy atom. The third-order valence-corrected chi connectivity index (χ3v) is 3.03. The van der Waals surface area contributed by atoms with Gasteiger partial charge in [-0.1, -0.05) is 12.1 Å². The van der Waals surface area contributed by atoms with Gasteiger partial charge >= 0.3 is 0 Å². The first-order valence-electron chi connectivity index (χ1n) is 5.90. The summed E-state index contributed by atoms with van der Waals surface area (Å²) in [6.45, 7) is 3.23. The maximum absolute atomic E-state index is 13.0. The number of nitrogens with one attached hydrogen (secondary N) is 2. The van der Waals surface area contributed by atoms with E-state index < -0.39 is 0 Å². The average molecular weight is 236 g/mol. The summed E-state index contributed by atoms with van der Waals surface area (Å²) in [4.78, 5) is 11.0. The maximum atomic E-state index is 13.0. The Morgan fingerprint density at radius 1 is 1.53 bits per heavy atom. The first-order chi connectivity index (χ1) is 8.15. The van der Waals surface area contributed by atoms with E-state index in [1.54, 1.807) is 13.0 Å². The largest absolute Gasteiger partial charge is 0.352 e. The quantitative estimate of drug-likeness (QED) is 0.832. The van der Waals surface area contributed by atoms with Crippen LogP contribution >= 0.6 is 0 Å². The van der Waals surface area contributed by atoms with E-state index in [0.29, 0.717) is 18.5 Å². The summed E-state index contributed by atoms with van der Waals surface area (Å²) in [6.07, 6.45) is 1.52. The lowest BCUT2D eigenvalue weighted by atomic mass is 10.1. The van der Waals surface area contributed by atoms with Crippen LogP contribution in [-0.4, -0.2) is 18.5 Å². The minimum absolute atomic E-state index is 0.134. The molecule has 0 aliphatic carbocycles. The van der Waals surface area contributed by atoms with Crippen molar-refractivity contribution in [2.45, 2.75) is 32.4 Å². The number of halogens is 1. The molecule has 2 rings (SSSR count). The fraction of sp³-hybridized carbons (Fsp3) is 0.462. The van der Waals surface area contributed by atoms with Crippen molar-refractivity contribution in [2.24, 2.45) is 0 Å². The van der Waals surface area contributed by atoms with Gasteiger partial charge in [0.25, 0.3) is 0 Å². The second-order valence-electron chi connectivity index (χ2n) is 4.52. The van der Waals surface area contributed by atoms with Gasteiger partial charge in [0.05, 0.1) is 0 Å². The Bertz CT molecular complexity index is 420. The van der Waals surface area contributed by atoms with Gasteiger partial charge in [-0.25, -0.2) is 4.39 Å². The van der Waals surface area contributed by atoms with Crippen molar-refractivity contribution in [3.05, 3.63) is 35.1 Å². The Balaban J connectivity index is 1.78. The van der Waals surface area contributed by atoms with E-state index in [1.807, 2.05) is 6.07 Å². The highest BCUT2D eigenvalue weighted by Gasteiger charge is 2.19. The molecule has 1 saturated heterocycles. The molecule has 0 radical (unpaired) electrons. The van der Waals surface area contributed by atoms with Gasteiger partial charge in [0.1, 0.15) is 5.82 Å². The lowest BCUT2D eigenvalue weighted by Crippen LogP contribution is -2.35. The third kappa shape index (κ3) is 3.27. The highest BCUT2D eigenvalue weighted by molar-refractivity contribution is 5.78. The predicted molar refractivity (Wildman–Crippen MR) is 64.0 cm³/mol. The molecular weight excluding hydrogens is 219 g/mol. The lowest BCUT2D eigenvalue weighted by Gasteiger charge is -2.11. The second-order valence-corrected chi connectivity index (χ2v) is 4.52. The number of amides is 1. The summed E-state index contributed by atoms with van der Waals surface area (Å²) in [6, 6.07) is 5.35. The predicted octanol–water partition coefficient (Wildman–Crippen LogP) is 1.50. The molecule has 0 aromatic heterocycles. The van der Waals surface area contributed by atoms with Crippen LogP contribution in [0.4, 0.5) is 4.39 Å². The summed E-state index contributed by atoms with van der Waals surface area (Å²) in [5.74, 6) is -0.0359. The molecule has 1 atom stereocenters. The summed E-state index contributed by atoms with van der Waals surface area (Å²) in [5.41, 5.74) is 1.73. The molecule has 3 nitrogen and oxygen atoms in total. The van der Waals surface area contributed by atoms with Gasteiger partial charge < -0.3 is 10.6 Å². The highest BCUT2D eigenvalue weighted by Crippen LogP contribution is 2.09. The molecule has 92 valence electrons. The van der Waals surface area contributed by atoms with Crippen molar-refractivity contribution in [1.29, 1.82) is 0 Å². The van der Waals surface area contributed by atoms with E-state index in [1.165, 1.54) is 6.07 Å². The zero-order chi connectivity index (χ0) is 12.3. The normalized spacial score (nSPS) is 19.4. The van der Waals surface area contributed by atoms with E-state index in [2.05, 4.69) is 10.6 Å². The van der Waals surface area contributed by atoms with E-state index in [4.69, 9.17) is 0 Å². The Hall–Kier alpha value is -1.42. The minimum atomic E-state index is -0.170. The molecule has 1 unspecified atom stereocenters. The molecule has 4 heteroatoms. The number of carbonyl (C=O) groups is 1. The molecule has 1 fully saturated rings. The van der Waals surface area contributed by atoms with E-state index in [0.717, 1.165) is 18.5 Å². The number of carbonyl (C=O) groups excluding carboxylic acids is 1. The van der Waals surface area contributed by atoms with E-state index in [9.17, 15) is 9.18 Å². The fourth-order valence-electron chi connectivity index (χ4n) is 2.04. The lowest BCUT2D eigenvalue weighted by molar-refractivity contribution is -0.119. The van der Waals surface area contributed by atoms with Crippen molar-refractivity contribution in [1.82, 2.24) is 10.6 Å². The molecule has 17 heavy (non-hydrogen) atoms. The zero-order valence-electron chi connectivity index (χ0n) is 9.92.